The van der Waals surface area contributed by atoms with Crippen LogP contribution in [0.1, 0.15) is 32.6 Å². The largest absolute Gasteiger partial charge is 0.394 e. The third-order valence-corrected chi connectivity index (χ3v) is 4.88. The molecule has 2 unspecified atom stereocenters. The number of imidazole rings is 1. The highest BCUT2D eigenvalue weighted by molar-refractivity contribution is 7.99. The summed E-state index contributed by atoms with van der Waals surface area (Å²) < 4.78 is 0. The number of hydrogen-bond donors (Lipinski definition) is 3. The molecule has 0 amide bonds. The molecule has 2 atom stereocenters. The number of aliphatic hydroxyl groups is 1. The number of nitrogens with zero attached hydrogens (tertiary/aromatic N) is 1. The van der Waals surface area contributed by atoms with Gasteiger partial charge >= 0.3 is 0 Å². The Bertz CT molecular complexity index is 344. The fourth-order valence-electron chi connectivity index (χ4n) is 3.04. The van der Waals surface area contributed by atoms with E-state index in [1.807, 2.05) is 6.20 Å². The van der Waals surface area contributed by atoms with Crippen LogP contribution in [-0.2, 0) is 0 Å². The SMILES string of the molecule is CCNC1(CO)CCCC1CCSc1ncc[nH]1. The number of thioether (sulfide) groups is 1. The number of hydrogen-bond acceptors (Lipinski definition) is 4. The molecule has 18 heavy (non-hydrogen) atoms. The molecule has 0 aliphatic heterocycles. The molecule has 102 valence electrons. The van der Waals surface area contributed by atoms with Crippen molar-refractivity contribution in [1.82, 2.24) is 15.3 Å². The zero-order valence-corrected chi connectivity index (χ0v) is 11.8. The van der Waals surface area contributed by atoms with E-state index in [-0.39, 0.29) is 12.1 Å². The number of nitrogens with one attached hydrogen (secondary N) is 2. The third-order valence-electron chi connectivity index (χ3n) is 3.95. The Morgan fingerprint density at radius 1 is 1.67 bits per heavy atom. The average molecular weight is 269 g/mol. The first-order valence-corrected chi connectivity index (χ1v) is 7.77. The summed E-state index contributed by atoms with van der Waals surface area (Å²) in [4.78, 5) is 7.32. The van der Waals surface area contributed by atoms with Crippen LogP contribution in [0.2, 0.25) is 0 Å². The molecule has 1 saturated carbocycles. The lowest BCUT2D eigenvalue weighted by Crippen LogP contribution is -2.51. The van der Waals surface area contributed by atoms with Crippen molar-refractivity contribution in [2.45, 2.75) is 43.3 Å². The highest BCUT2D eigenvalue weighted by atomic mass is 32.2. The van der Waals surface area contributed by atoms with Crippen LogP contribution in [0.4, 0.5) is 0 Å². The fourth-order valence-corrected chi connectivity index (χ4v) is 3.92. The second-order valence-electron chi connectivity index (χ2n) is 4.97. The summed E-state index contributed by atoms with van der Waals surface area (Å²) in [6.45, 7) is 3.31. The van der Waals surface area contributed by atoms with Crippen LogP contribution in [0, 0.1) is 5.92 Å². The van der Waals surface area contributed by atoms with Gasteiger partial charge in [-0.25, -0.2) is 4.98 Å². The molecule has 5 heteroatoms. The lowest BCUT2D eigenvalue weighted by Gasteiger charge is -2.34. The van der Waals surface area contributed by atoms with Crippen molar-refractivity contribution in [3.05, 3.63) is 12.4 Å². The predicted molar refractivity (Wildman–Crippen MR) is 74.8 cm³/mol. The van der Waals surface area contributed by atoms with E-state index in [2.05, 4.69) is 22.2 Å². The van der Waals surface area contributed by atoms with Gasteiger partial charge in [0.05, 0.1) is 6.61 Å². The molecule has 0 bridgehead atoms. The van der Waals surface area contributed by atoms with Crippen LogP contribution in [0.25, 0.3) is 0 Å². The number of aliphatic hydroxyl groups excluding tert-OH is 1. The van der Waals surface area contributed by atoms with Crippen molar-refractivity contribution in [3.63, 3.8) is 0 Å². The Labute approximate surface area is 113 Å². The minimum atomic E-state index is -0.0293. The third kappa shape index (κ3) is 3.08. The minimum Gasteiger partial charge on any atom is -0.394 e. The molecule has 1 heterocycles. The van der Waals surface area contributed by atoms with Gasteiger partial charge in [-0.05, 0) is 31.7 Å². The first-order chi connectivity index (χ1) is 8.80. The summed E-state index contributed by atoms with van der Waals surface area (Å²) in [6, 6.07) is 0. The molecule has 0 aromatic carbocycles. The van der Waals surface area contributed by atoms with Gasteiger partial charge in [0.25, 0.3) is 0 Å². The topological polar surface area (TPSA) is 60.9 Å². The molecule has 3 N–H and O–H groups in total. The summed E-state index contributed by atoms with van der Waals surface area (Å²) in [5.41, 5.74) is -0.0293. The molecule has 1 aliphatic rings. The van der Waals surface area contributed by atoms with Crippen LogP contribution in [0.3, 0.4) is 0 Å². The van der Waals surface area contributed by atoms with E-state index < -0.39 is 0 Å². The zero-order valence-electron chi connectivity index (χ0n) is 11.0. The maximum absolute atomic E-state index is 9.71. The quantitative estimate of drug-likeness (QED) is 0.663. The molecule has 4 nitrogen and oxygen atoms in total. The molecule has 1 aliphatic carbocycles. The van der Waals surface area contributed by atoms with Gasteiger partial charge in [-0.15, -0.1) is 0 Å². The Kier molecular flexibility index (Phi) is 5.09. The predicted octanol–water partition coefficient (Wildman–Crippen LogP) is 2.03. The number of aromatic nitrogens is 2. The molecule has 0 saturated heterocycles. The Morgan fingerprint density at radius 2 is 2.56 bits per heavy atom. The van der Waals surface area contributed by atoms with Crippen molar-refractivity contribution >= 4 is 11.8 Å². The lowest BCUT2D eigenvalue weighted by molar-refractivity contribution is 0.124. The van der Waals surface area contributed by atoms with Crippen molar-refractivity contribution in [3.8, 4) is 0 Å². The highest BCUT2D eigenvalue weighted by Crippen LogP contribution is 2.38. The van der Waals surface area contributed by atoms with E-state index in [4.69, 9.17) is 0 Å². The lowest BCUT2D eigenvalue weighted by atomic mass is 9.86. The summed E-state index contributed by atoms with van der Waals surface area (Å²) in [7, 11) is 0. The first-order valence-electron chi connectivity index (χ1n) is 6.79. The monoisotopic (exact) mass is 269 g/mol. The molecule has 0 radical (unpaired) electrons. The van der Waals surface area contributed by atoms with Gasteiger partial charge in [0.2, 0.25) is 0 Å². The maximum atomic E-state index is 9.71. The van der Waals surface area contributed by atoms with Gasteiger partial charge in [0.1, 0.15) is 0 Å². The molecule has 2 rings (SSSR count). The molecule has 1 fully saturated rings. The van der Waals surface area contributed by atoms with E-state index in [9.17, 15) is 5.11 Å². The van der Waals surface area contributed by atoms with Gasteiger partial charge in [0, 0.05) is 23.7 Å². The normalized spacial score (nSPS) is 27.8. The highest BCUT2D eigenvalue weighted by Gasteiger charge is 2.41. The van der Waals surface area contributed by atoms with Crippen LogP contribution < -0.4 is 5.32 Å². The minimum absolute atomic E-state index is 0.0293. The van der Waals surface area contributed by atoms with E-state index in [0.29, 0.717) is 5.92 Å². The number of aromatic amines is 1. The van der Waals surface area contributed by atoms with Crippen molar-refractivity contribution in [2.75, 3.05) is 18.9 Å². The Balaban J connectivity index is 1.83. The average Bonchev–Trinajstić information content (AvgIpc) is 3.01. The van der Waals surface area contributed by atoms with E-state index >= 15 is 0 Å². The molecule has 0 spiro atoms. The molecular weight excluding hydrogens is 246 g/mol. The summed E-state index contributed by atoms with van der Waals surface area (Å²) in [5.74, 6) is 1.65. The Morgan fingerprint density at radius 3 is 3.22 bits per heavy atom. The number of likely N-dealkylation sites (N-methyl/N-ethyl adjacent to an activating group) is 1. The smallest absolute Gasteiger partial charge is 0.165 e. The van der Waals surface area contributed by atoms with Crippen molar-refractivity contribution < 1.29 is 5.11 Å². The fraction of sp³-hybridized carbons (Fsp3) is 0.769. The van der Waals surface area contributed by atoms with Gasteiger partial charge in [-0.2, -0.15) is 0 Å². The molecular formula is C13H23N3OS. The van der Waals surface area contributed by atoms with Crippen molar-refractivity contribution in [1.29, 1.82) is 0 Å². The van der Waals surface area contributed by atoms with Crippen LogP contribution in [0.5, 0.6) is 0 Å². The first kappa shape index (κ1) is 13.9. The Hall–Kier alpha value is -0.520. The van der Waals surface area contributed by atoms with E-state index in [1.54, 1.807) is 18.0 Å². The molecule has 1 aromatic rings. The summed E-state index contributed by atoms with van der Waals surface area (Å²) in [5, 5.41) is 14.2. The second kappa shape index (κ2) is 6.59. The second-order valence-corrected chi connectivity index (χ2v) is 6.05. The van der Waals surface area contributed by atoms with Crippen LogP contribution in [0.15, 0.2) is 17.6 Å². The van der Waals surface area contributed by atoms with Gasteiger partial charge < -0.3 is 15.4 Å². The molecule has 1 aromatic heterocycles. The summed E-state index contributed by atoms with van der Waals surface area (Å²) >= 11 is 1.77. The van der Waals surface area contributed by atoms with Gasteiger partial charge in [0.15, 0.2) is 5.16 Å². The van der Waals surface area contributed by atoms with Crippen molar-refractivity contribution in [2.24, 2.45) is 5.92 Å². The van der Waals surface area contributed by atoms with E-state index in [0.717, 1.165) is 30.3 Å². The number of rotatable bonds is 7. The van der Waals surface area contributed by atoms with Crippen LogP contribution in [-0.4, -0.2) is 39.5 Å². The van der Waals surface area contributed by atoms with Gasteiger partial charge in [-0.1, -0.05) is 25.1 Å². The number of H-pyrrole nitrogens is 1. The zero-order chi connectivity index (χ0) is 12.8. The van der Waals surface area contributed by atoms with E-state index in [1.165, 1.54) is 12.8 Å². The maximum Gasteiger partial charge on any atom is 0.165 e. The van der Waals surface area contributed by atoms with Crippen LogP contribution >= 0.6 is 11.8 Å². The summed E-state index contributed by atoms with van der Waals surface area (Å²) in [6.07, 6.45) is 8.34. The van der Waals surface area contributed by atoms with Gasteiger partial charge in [-0.3, -0.25) is 0 Å². The standard InChI is InChI=1S/C13H23N3OS/c1-2-16-13(10-17)6-3-4-11(13)5-9-18-12-14-7-8-15-12/h7-8,11,16-17H,2-6,9-10H2,1H3,(H,14,15).